The largest absolute Gasteiger partial charge is 0.464 e. The third-order valence-electron chi connectivity index (χ3n) is 4.13. The van der Waals surface area contributed by atoms with E-state index >= 15 is 0 Å². The summed E-state index contributed by atoms with van der Waals surface area (Å²) in [5.41, 5.74) is 1.64. The molecule has 27 heavy (non-hydrogen) atoms. The number of alkyl carbamates (subject to hydrolysis) is 1. The maximum Gasteiger partial charge on any atom is 0.408 e. The predicted octanol–water partition coefficient (Wildman–Crippen LogP) is 4.04. The molecule has 2 N–H and O–H groups in total. The Balaban J connectivity index is 2.07. The predicted molar refractivity (Wildman–Crippen MR) is 105 cm³/mol. The van der Waals surface area contributed by atoms with E-state index in [4.69, 9.17) is 14.9 Å². The van der Waals surface area contributed by atoms with Gasteiger partial charge in [-0.1, -0.05) is 50.2 Å². The fourth-order valence-electron chi connectivity index (χ4n) is 2.89. The number of carbonyl (C=O) groups excluding carboxylic acids is 2. The molecule has 2 aromatic carbocycles. The van der Waals surface area contributed by atoms with Gasteiger partial charge in [0.05, 0.1) is 6.61 Å². The van der Waals surface area contributed by atoms with Crippen LogP contribution in [0.4, 0.5) is 4.79 Å². The van der Waals surface area contributed by atoms with Crippen LogP contribution in [0.25, 0.3) is 10.8 Å². The molecule has 0 fully saturated rings. The fraction of sp³-hybridized carbons (Fsp3) is 0.381. The maximum absolute atomic E-state index is 12.2. The zero-order chi connectivity index (χ0) is 19.8. The van der Waals surface area contributed by atoms with E-state index < -0.39 is 18.1 Å². The molecule has 2 aromatic rings. The van der Waals surface area contributed by atoms with Crippen LogP contribution in [0.15, 0.2) is 36.4 Å². The van der Waals surface area contributed by atoms with Gasteiger partial charge in [-0.05, 0) is 41.2 Å². The van der Waals surface area contributed by atoms with Gasteiger partial charge < -0.3 is 20.2 Å². The summed E-state index contributed by atoms with van der Waals surface area (Å²) in [6.07, 6.45) is 1.12. The van der Waals surface area contributed by atoms with Gasteiger partial charge in [-0.25, -0.2) is 9.59 Å². The van der Waals surface area contributed by atoms with Gasteiger partial charge in [0, 0.05) is 6.21 Å². The smallest absolute Gasteiger partial charge is 0.408 e. The minimum atomic E-state index is -0.727. The number of fused-ring (bicyclic) bond motifs is 1. The molecule has 2 rings (SSSR count). The highest BCUT2D eigenvalue weighted by Crippen LogP contribution is 2.22. The molecule has 1 atom stereocenters. The Morgan fingerprint density at radius 1 is 1.11 bits per heavy atom. The van der Waals surface area contributed by atoms with Crippen molar-refractivity contribution in [1.29, 1.82) is 5.41 Å². The molecule has 0 aromatic heterocycles. The van der Waals surface area contributed by atoms with Crippen LogP contribution in [0, 0.1) is 11.3 Å². The van der Waals surface area contributed by atoms with E-state index in [0.717, 1.165) is 21.9 Å². The second kappa shape index (κ2) is 9.71. The first-order valence-electron chi connectivity index (χ1n) is 9.07. The summed E-state index contributed by atoms with van der Waals surface area (Å²) in [5.74, 6) is -0.235. The lowest BCUT2D eigenvalue weighted by Crippen LogP contribution is -2.42. The Bertz CT molecular complexity index is 817. The van der Waals surface area contributed by atoms with Crippen LogP contribution >= 0.6 is 0 Å². The molecule has 0 spiro atoms. The molecule has 0 bridgehead atoms. The zero-order valence-corrected chi connectivity index (χ0v) is 16.0. The van der Waals surface area contributed by atoms with Crippen molar-refractivity contribution in [3.8, 4) is 0 Å². The van der Waals surface area contributed by atoms with E-state index in [-0.39, 0.29) is 19.1 Å². The van der Waals surface area contributed by atoms with E-state index in [1.54, 1.807) is 6.92 Å². The average molecular weight is 370 g/mol. The lowest BCUT2D eigenvalue weighted by atomic mass is 10.0. The molecule has 0 aliphatic carbocycles. The summed E-state index contributed by atoms with van der Waals surface area (Å²) < 4.78 is 10.4. The first kappa shape index (κ1) is 20.4. The molecular formula is C21H26N2O4. The molecule has 0 aliphatic heterocycles. The molecule has 144 valence electrons. The number of esters is 1. The molecule has 0 radical (unpaired) electrons. The molecule has 6 nitrogen and oxygen atoms in total. The molecule has 1 amide bonds. The van der Waals surface area contributed by atoms with Crippen molar-refractivity contribution >= 4 is 29.0 Å². The van der Waals surface area contributed by atoms with Crippen LogP contribution in [-0.4, -0.2) is 30.9 Å². The third-order valence-corrected chi connectivity index (χ3v) is 4.13. The minimum absolute atomic E-state index is 0.0713. The van der Waals surface area contributed by atoms with E-state index in [9.17, 15) is 9.59 Å². The minimum Gasteiger partial charge on any atom is -0.464 e. The molecule has 0 heterocycles. The van der Waals surface area contributed by atoms with Crippen molar-refractivity contribution in [2.45, 2.75) is 39.8 Å². The second-order valence-corrected chi connectivity index (χ2v) is 6.66. The topological polar surface area (TPSA) is 88.5 Å². The number of nitrogens with one attached hydrogen (secondary N) is 2. The Morgan fingerprint density at radius 3 is 2.44 bits per heavy atom. The number of ether oxygens (including phenoxy) is 2. The first-order valence-corrected chi connectivity index (χ1v) is 9.07. The van der Waals surface area contributed by atoms with Crippen molar-refractivity contribution < 1.29 is 19.1 Å². The Labute approximate surface area is 159 Å². The zero-order valence-electron chi connectivity index (χ0n) is 16.0. The van der Waals surface area contributed by atoms with Gasteiger partial charge >= 0.3 is 12.1 Å². The first-order chi connectivity index (χ1) is 13.0. The quantitative estimate of drug-likeness (QED) is 0.542. The molecule has 6 heteroatoms. The molecule has 0 saturated carbocycles. The van der Waals surface area contributed by atoms with Crippen LogP contribution < -0.4 is 5.32 Å². The molecule has 0 aliphatic rings. The number of benzene rings is 2. The van der Waals surface area contributed by atoms with E-state index in [1.165, 1.54) is 6.21 Å². The average Bonchev–Trinajstić information content (AvgIpc) is 2.65. The van der Waals surface area contributed by atoms with Gasteiger partial charge in [-0.15, -0.1) is 0 Å². The lowest BCUT2D eigenvalue weighted by Gasteiger charge is -2.19. The summed E-state index contributed by atoms with van der Waals surface area (Å²) in [5, 5.41) is 12.0. The number of hydrogen-bond donors (Lipinski definition) is 2. The van der Waals surface area contributed by atoms with Crippen LogP contribution in [0.3, 0.4) is 0 Å². The lowest BCUT2D eigenvalue weighted by molar-refractivity contribution is -0.146. The number of rotatable bonds is 8. The number of carbonyl (C=O) groups is 2. The van der Waals surface area contributed by atoms with Crippen LogP contribution in [0.2, 0.25) is 0 Å². The van der Waals surface area contributed by atoms with Crippen LogP contribution in [-0.2, 0) is 20.9 Å². The Morgan fingerprint density at radius 2 is 1.81 bits per heavy atom. The number of hydrogen-bond acceptors (Lipinski definition) is 5. The highest BCUT2D eigenvalue weighted by atomic mass is 16.6. The highest BCUT2D eigenvalue weighted by molar-refractivity contribution is 6.00. The van der Waals surface area contributed by atoms with Crippen molar-refractivity contribution in [3.05, 3.63) is 47.5 Å². The summed E-state index contributed by atoms with van der Waals surface area (Å²) >= 11 is 0. The molecule has 1 unspecified atom stereocenters. The van der Waals surface area contributed by atoms with Crippen LogP contribution in [0.5, 0.6) is 0 Å². The van der Waals surface area contributed by atoms with E-state index in [2.05, 4.69) is 5.32 Å². The van der Waals surface area contributed by atoms with Crippen LogP contribution in [0.1, 0.15) is 38.3 Å². The fourth-order valence-corrected chi connectivity index (χ4v) is 2.89. The molecule has 0 saturated heterocycles. The number of amides is 1. The monoisotopic (exact) mass is 370 g/mol. The van der Waals surface area contributed by atoms with Gasteiger partial charge in [-0.2, -0.15) is 0 Å². The summed E-state index contributed by atoms with van der Waals surface area (Å²) in [4.78, 5) is 24.2. The van der Waals surface area contributed by atoms with Gasteiger partial charge in [-0.3, -0.25) is 0 Å². The van der Waals surface area contributed by atoms with Crippen molar-refractivity contribution in [2.24, 2.45) is 5.92 Å². The van der Waals surface area contributed by atoms with E-state index in [0.29, 0.717) is 6.42 Å². The SMILES string of the molecule is CCOC(=O)C(CC(C)C)NC(=O)OCc1ccc(C=N)c2ccccc12. The van der Waals surface area contributed by atoms with Gasteiger partial charge in [0.25, 0.3) is 0 Å². The maximum atomic E-state index is 12.2. The third kappa shape index (κ3) is 5.54. The van der Waals surface area contributed by atoms with E-state index in [1.807, 2.05) is 50.2 Å². The summed E-state index contributed by atoms with van der Waals surface area (Å²) in [6, 6.07) is 10.6. The molecular weight excluding hydrogens is 344 g/mol. The van der Waals surface area contributed by atoms with Gasteiger partial charge in [0.2, 0.25) is 0 Å². The van der Waals surface area contributed by atoms with Gasteiger partial charge in [0.15, 0.2) is 0 Å². The van der Waals surface area contributed by atoms with Crippen molar-refractivity contribution in [1.82, 2.24) is 5.32 Å². The standard InChI is InChI=1S/C21H26N2O4/c1-4-26-20(24)19(11-14(2)3)23-21(25)27-13-16-10-9-15(12-22)17-7-5-6-8-18(16)17/h5-10,12,14,19,22H,4,11,13H2,1-3H3,(H,23,25). The highest BCUT2D eigenvalue weighted by Gasteiger charge is 2.23. The Kier molecular flexibility index (Phi) is 7.34. The van der Waals surface area contributed by atoms with Crippen molar-refractivity contribution in [2.75, 3.05) is 6.61 Å². The van der Waals surface area contributed by atoms with Gasteiger partial charge in [0.1, 0.15) is 12.6 Å². The normalized spacial score (nSPS) is 11.9. The summed E-state index contributed by atoms with van der Waals surface area (Å²) in [6.45, 7) is 6.00. The second-order valence-electron chi connectivity index (χ2n) is 6.66. The van der Waals surface area contributed by atoms with Crippen molar-refractivity contribution in [3.63, 3.8) is 0 Å². The summed E-state index contributed by atoms with van der Waals surface area (Å²) in [7, 11) is 0. The Hall–Kier alpha value is -2.89.